The van der Waals surface area contributed by atoms with Gasteiger partial charge in [-0.2, -0.15) is 5.26 Å². The van der Waals surface area contributed by atoms with Crippen molar-refractivity contribution in [3.63, 3.8) is 0 Å². The van der Waals surface area contributed by atoms with Gasteiger partial charge in [0, 0.05) is 28.4 Å². The van der Waals surface area contributed by atoms with Crippen LogP contribution in [0.2, 0.25) is 0 Å². The van der Waals surface area contributed by atoms with Crippen LogP contribution in [0.5, 0.6) is 0 Å². The molecule has 0 unspecified atom stereocenters. The summed E-state index contributed by atoms with van der Waals surface area (Å²) in [4.78, 5) is 15.7. The Balaban J connectivity index is 1.78. The molecule has 0 fully saturated rings. The van der Waals surface area contributed by atoms with Gasteiger partial charge in [-0.25, -0.2) is 9.37 Å². The van der Waals surface area contributed by atoms with E-state index in [0.29, 0.717) is 21.8 Å². The maximum Gasteiger partial charge on any atom is 0.159 e. The lowest BCUT2D eigenvalue weighted by Crippen LogP contribution is -1.94. The van der Waals surface area contributed by atoms with Gasteiger partial charge in [0.25, 0.3) is 0 Å². The molecule has 6 heteroatoms. The molecule has 3 aromatic rings. The summed E-state index contributed by atoms with van der Waals surface area (Å²) in [6, 6.07) is 15.2. The zero-order valence-electron chi connectivity index (χ0n) is 13.9. The molecule has 1 heterocycles. The quantitative estimate of drug-likeness (QED) is 0.504. The summed E-state index contributed by atoms with van der Waals surface area (Å²) in [7, 11) is 0. The summed E-state index contributed by atoms with van der Waals surface area (Å²) in [5, 5.41) is 14.8. The van der Waals surface area contributed by atoms with E-state index in [-0.39, 0.29) is 11.6 Å². The lowest BCUT2D eigenvalue weighted by molar-refractivity contribution is 0.101. The van der Waals surface area contributed by atoms with E-state index >= 15 is 0 Å². The number of allylic oxidation sites excluding steroid dienone is 1. The SMILES string of the molecule is CC(=O)c1ccc(NC=C(C#N)c2nc(-c3ccc(F)cc3)cs2)cc1. The van der Waals surface area contributed by atoms with E-state index in [4.69, 9.17) is 0 Å². The Morgan fingerprint density at radius 1 is 1.19 bits per heavy atom. The Hall–Kier alpha value is -3.30. The summed E-state index contributed by atoms with van der Waals surface area (Å²) in [5.41, 5.74) is 3.26. The zero-order chi connectivity index (χ0) is 18.5. The monoisotopic (exact) mass is 363 g/mol. The van der Waals surface area contributed by atoms with Crippen molar-refractivity contribution in [3.05, 3.63) is 76.5 Å². The predicted molar refractivity (Wildman–Crippen MR) is 101 cm³/mol. The number of halogens is 1. The molecule has 128 valence electrons. The van der Waals surface area contributed by atoms with Crippen LogP contribution in [0.1, 0.15) is 22.3 Å². The molecule has 0 aliphatic carbocycles. The van der Waals surface area contributed by atoms with Crippen LogP contribution in [-0.2, 0) is 0 Å². The lowest BCUT2D eigenvalue weighted by Gasteiger charge is -2.02. The lowest BCUT2D eigenvalue weighted by atomic mass is 10.1. The summed E-state index contributed by atoms with van der Waals surface area (Å²) in [5.74, 6) is -0.303. The van der Waals surface area contributed by atoms with Crippen molar-refractivity contribution in [1.82, 2.24) is 4.98 Å². The second kappa shape index (κ2) is 7.72. The highest BCUT2D eigenvalue weighted by atomic mass is 32.1. The minimum atomic E-state index is -0.304. The number of hydrogen-bond acceptors (Lipinski definition) is 5. The van der Waals surface area contributed by atoms with Crippen LogP contribution >= 0.6 is 11.3 Å². The molecule has 2 aromatic carbocycles. The van der Waals surface area contributed by atoms with Crippen molar-refractivity contribution in [2.24, 2.45) is 0 Å². The highest BCUT2D eigenvalue weighted by Crippen LogP contribution is 2.26. The topological polar surface area (TPSA) is 65.8 Å². The molecule has 0 atom stereocenters. The van der Waals surface area contributed by atoms with Gasteiger partial charge in [0.15, 0.2) is 5.78 Å². The first-order chi connectivity index (χ1) is 12.6. The predicted octanol–water partition coefficient (Wildman–Crippen LogP) is 5.13. The molecule has 0 aliphatic rings. The summed E-state index contributed by atoms with van der Waals surface area (Å²) in [6.45, 7) is 1.51. The summed E-state index contributed by atoms with van der Waals surface area (Å²) >= 11 is 1.34. The summed E-state index contributed by atoms with van der Waals surface area (Å²) < 4.78 is 13.0. The van der Waals surface area contributed by atoms with Gasteiger partial charge in [0.1, 0.15) is 22.5 Å². The van der Waals surface area contributed by atoms with E-state index in [0.717, 1.165) is 11.3 Å². The molecule has 4 nitrogen and oxygen atoms in total. The number of nitriles is 1. The number of anilines is 1. The molecule has 26 heavy (non-hydrogen) atoms. The third-order valence-corrected chi connectivity index (χ3v) is 4.55. The van der Waals surface area contributed by atoms with Crippen LogP contribution < -0.4 is 5.32 Å². The van der Waals surface area contributed by atoms with E-state index in [9.17, 15) is 14.4 Å². The minimum Gasteiger partial charge on any atom is -0.360 e. The molecule has 1 aromatic heterocycles. The normalized spacial score (nSPS) is 11.0. The largest absolute Gasteiger partial charge is 0.360 e. The Morgan fingerprint density at radius 3 is 2.50 bits per heavy atom. The number of rotatable bonds is 5. The number of Topliss-reactive ketones (excluding diaryl/α,β-unsaturated/α-hetero) is 1. The Kier molecular flexibility index (Phi) is 5.20. The van der Waals surface area contributed by atoms with Gasteiger partial charge in [-0.3, -0.25) is 4.79 Å². The van der Waals surface area contributed by atoms with E-state index in [1.165, 1.54) is 30.4 Å². The van der Waals surface area contributed by atoms with Crippen molar-refractivity contribution in [3.8, 4) is 17.3 Å². The molecule has 1 N–H and O–H groups in total. The van der Waals surface area contributed by atoms with Gasteiger partial charge in [-0.05, 0) is 55.5 Å². The molecule has 0 saturated carbocycles. The molecular weight excluding hydrogens is 349 g/mol. The first-order valence-electron chi connectivity index (χ1n) is 7.76. The molecule has 3 rings (SSSR count). The number of nitrogens with one attached hydrogen (secondary N) is 1. The average Bonchev–Trinajstić information content (AvgIpc) is 3.13. The fraction of sp³-hybridized carbons (Fsp3) is 0.0500. The number of nitrogens with zero attached hydrogens (tertiary/aromatic N) is 2. The fourth-order valence-corrected chi connectivity index (χ4v) is 3.04. The zero-order valence-corrected chi connectivity index (χ0v) is 14.7. The van der Waals surface area contributed by atoms with Crippen LogP contribution in [0, 0.1) is 17.1 Å². The number of ketones is 1. The standard InChI is InChI=1S/C20H14FN3OS/c1-13(25)14-4-8-18(9-5-14)23-11-16(10-22)20-24-19(12-26-20)15-2-6-17(21)7-3-15/h2-9,11-12,23H,1H3. The number of hydrogen-bond donors (Lipinski definition) is 1. The van der Waals surface area contributed by atoms with Gasteiger partial charge >= 0.3 is 0 Å². The van der Waals surface area contributed by atoms with Gasteiger partial charge in [0.2, 0.25) is 0 Å². The molecule has 0 spiro atoms. The second-order valence-corrected chi connectivity index (χ2v) is 6.35. The number of aromatic nitrogens is 1. The Bertz CT molecular complexity index is 999. The maximum absolute atomic E-state index is 13.0. The van der Waals surface area contributed by atoms with Crippen LogP contribution in [-0.4, -0.2) is 10.8 Å². The first-order valence-corrected chi connectivity index (χ1v) is 8.64. The number of benzene rings is 2. The van der Waals surface area contributed by atoms with Crippen LogP contribution in [0.15, 0.2) is 60.1 Å². The van der Waals surface area contributed by atoms with Crippen molar-refractivity contribution < 1.29 is 9.18 Å². The molecular formula is C20H14FN3OS. The Morgan fingerprint density at radius 2 is 1.88 bits per heavy atom. The van der Waals surface area contributed by atoms with Crippen molar-refractivity contribution >= 4 is 28.4 Å². The smallest absolute Gasteiger partial charge is 0.159 e. The van der Waals surface area contributed by atoms with Crippen molar-refractivity contribution in [2.75, 3.05) is 5.32 Å². The molecule has 0 saturated heterocycles. The van der Waals surface area contributed by atoms with Gasteiger partial charge < -0.3 is 5.32 Å². The Labute approximate surface area is 154 Å². The van der Waals surface area contributed by atoms with E-state index in [1.54, 1.807) is 42.6 Å². The highest BCUT2D eigenvalue weighted by molar-refractivity contribution is 7.11. The van der Waals surface area contributed by atoms with Crippen LogP contribution in [0.25, 0.3) is 16.8 Å². The third kappa shape index (κ3) is 4.02. The van der Waals surface area contributed by atoms with Crippen molar-refractivity contribution in [1.29, 1.82) is 5.26 Å². The van der Waals surface area contributed by atoms with E-state index < -0.39 is 0 Å². The molecule has 0 amide bonds. The first kappa shape index (κ1) is 17.5. The molecule has 0 aliphatic heterocycles. The van der Waals surface area contributed by atoms with E-state index in [1.807, 2.05) is 5.38 Å². The minimum absolute atomic E-state index is 0.000846. The number of thiazole rings is 1. The molecule has 0 radical (unpaired) electrons. The van der Waals surface area contributed by atoms with Gasteiger partial charge in [-0.15, -0.1) is 11.3 Å². The van der Waals surface area contributed by atoms with E-state index in [2.05, 4.69) is 16.4 Å². The number of carbonyl (C=O) groups is 1. The number of carbonyl (C=O) groups excluding carboxylic acids is 1. The highest BCUT2D eigenvalue weighted by Gasteiger charge is 2.09. The second-order valence-electron chi connectivity index (χ2n) is 5.49. The van der Waals surface area contributed by atoms with Crippen molar-refractivity contribution in [2.45, 2.75) is 6.92 Å². The van der Waals surface area contributed by atoms with Gasteiger partial charge in [-0.1, -0.05) is 0 Å². The third-order valence-electron chi connectivity index (χ3n) is 3.67. The average molecular weight is 363 g/mol. The fourth-order valence-electron chi connectivity index (χ4n) is 2.25. The van der Waals surface area contributed by atoms with Gasteiger partial charge in [0.05, 0.1) is 5.69 Å². The van der Waals surface area contributed by atoms with Crippen LogP contribution in [0.4, 0.5) is 10.1 Å². The molecule has 0 bridgehead atoms. The summed E-state index contributed by atoms with van der Waals surface area (Å²) in [6.07, 6.45) is 1.58. The van der Waals surface area contributed by atoms with Crippen LogP contribution in [0.3, 0.4) is 0 Å². The maximum atomic E-state index is 13.0.